The van der Waals surface area contributed by atoms with Gasteiger partial charge in [-0.3, -0.25) is 4.79 Å². The Bertz CT molecular complexity index is 566. The number of aldehydes is 1. The summed E-state index contributed by atoms with van der Waals surface area (Å²) >= 11 is 0. The predicted molar refractivity (Wildman–Crippen MR) is 61.1 cm³/mol. The summed E-state index contributed by atoms with van der Waals surface area (Å²) in [5.41, 5.74) is 1.78. The molecule has 0 unspecified atom stereocenters. The van der Waals surface area contributed by atoms with Crippen molar-refractivity contribution >= 4 is 23.2 Å². The second-order valence-corrected chi connectivity index (χ2v) is 3.03. The molecule has 1 aromatic carbocycles. The number of hydrogen-bond donors (Lipinski definition) is 1. The summed E-state index contributed by atoms with van der Waals surface area (Å²) in [5.74, 6) is -0.838. The molecule has 86 valence electrons. The molecule has 2 aromatic rings. The number of hydrogen-bond acceptors (Lipinski definition) is 4. The zero-order valence-corrected chi connectivity index (χ0v) is 9.14. The number of H-pyrrole nitrogens is 1. The highest BCUT2D eigenvalue weighted by Crippen LogP contribution is 2.12. The van der Waals surface area contributed by atoms with Gasteiger partial charge in [-0.1, -0.05) is 0 Å². The van der Waals surface area contributed by atoms with E-state index in [2.05, 4.69) is 15.8 Å². The molecule has 1 N–H and O–H groups in total. The molecule has 0 radical (unpaired) electrons. The number of aromatic nitrogens is 1. The third kappa shape index (κ3) is 3.47. The summed E-state index contributed by atoms with van der Waals surface area (Å²) in [6, 6.07) is 9.63. The highest BCUT2D eigenvalue weighted by Gasteiger charge is 1.94. The predicted octanol–water partition coefficient (Wildman–Crippen LogP) is 1.40. The zero-order chi connectivity index (χ0) is 12.7. The molecule has 0 saturated heterocycles. The summed E-state index contributed by atoms with van der Waals surface area (Å²) in [7, 11) is 1.15. The second kappa shape index (κ2) is 6.08. The van der Waals surface area contributed by atoms with Gasteiger partial charge in [0, 0.05) is 17.1 Å². The number of fused-ring (bicyclic) bond motifs is 1. The van der Waals surface area contributed by atoms with Crippen LogP contribution in [0.15, 0.2) is 30.5 Å². The first kappa shape index (κ1) is 12.5. The van der Waals surface area contributed by atoms with Gasteiger partial charge in [0.1, 0.15) is 0 Å². The van der Waals surface area contributed by atoms with Crippen molar-refractivity contribution in [1.29, 1.82) is 5.26 Å². The Kier molecular flexibility index (Phi) is 4.45. The molecular weight excluding hydrogens is 220 g/mol. The van der Waals surface area contributed by atoms with Crippen LogP contribution in [0.5, 0.6) is 0 Å². The van der Waals surface area contributed by atoms with E-state index in [1.165, 1.54) is 0 Å². The fourth-order valence-corrected chi connectivity index (χ4v) is 1.17. The molecule has 0 bridgehead atoms. The lowest BCUT2D eigenvalue weighted by Gasteiger charge is -1.88. The summed E-state index contributed by atoms with van der Waals surface area (Å²) < 4.78 is 3.89. The molecule has 0 fully saturated rings. The van der Waals surface area contributed by atoms with Crippen LogP contribution in [0.4, 0.5) is 0 Å². The molecule has 1 heterocycles. The monoisotopic (exact) mass is 230 g/mol. The van der Waals surface area contributed by atoms with Crippen molar-refractivity contribution in [1.82, 2.24) is 4.98 Å². The van der Waals surface area contributed by atoms with E-state index in [1.807, 2.05) is 24.4 Å². The van der Waals surface area contributed by atoms with E-state index in [4.69, 9.17) is 5.26 Å². The number of esters is 1. The van der Waals surface area contributed by atoms with Crippen LogP contribution in [-0.2, 0) is 14.3 Å². The molecular formula is C12H10N2O3. The Morgan fingerprint density at radius 2 is 2.24 bits per heavy atom. The maximum absolute atomic E-state index is 9.59. The van der Waals surface area contributed by atoms with E-state index in [9.17, 15) is 9.59 Å². The van der Waals surface area contributed by atoms with Crippen LogP contribution in [-0.4, -0.2) is 24.3 Å². The van der Waals surface area contributed by atoms with Gasteiger partial charge in [0.25, 0.3) is 0 Å². The number of carbonyl (C=O) groups is 2. The number of nitrogens with zero attached hydrogens (tertiary/aromatic N) is 1. The van der Waals surface area contributed by atoms with Gasteiger partial charge in [-0.15, -0.1) is 0 Å². The average Bonchev–Trinajstić information content (AvgIpc) is 2.85. The van der Waals surface area contributed by atoms with Gasteiger partial charge in [0.2, 0.25) is 6.29 Å². The molecule has 0 atom stereocenters. The van der Waals surface area contributed by atoms with Crippen LogP contribution in [0.2, 0.25) is 0 Å². The third-order valence-electron chi connectivity index (χ3n) is 1.98. The van der Waals surface area contributed by atoms with Crippen molar-refractivity contribution < 1.29 is 14.3 Å². The van der Waals surface area contributed by atoms with E-state index >= 15 is 0 Å². The van der Waals surface area contributed by atoms with E-state index in [-0.39, 0.29) is 6.29 Å². The minimum absolute atomic E-state index is 0.111. The maximum atomic E-state index is 9.59. The summed E-state index contributed by atoms with van der Waals surface area (Å²) in [6.45, 7) is 0. The Hall–Kier alpha value is -2.61. The van der Waals surface area contributed by atoms with Crippen molar-refractivity contribution in [3.8, 4) is 6.07 Å². The minimum Gasteiger partial charge on any atom is -0.463 e. The lowest BCUT2D eigenvalue weighted by molar-refractivity contribution is -0.146. The largest absolute Gasteiger partial charge is 0.463 e. The molecule has 0 aliphatic heterocycles. The molecule has 0 amide bonds. The van der Waals surface area contributed by atoms with Crippen LogP contribution < -0.4 is 0 Å². The molecule has 0 saturated carbocycles. The Morgan fingerprint density at radius 1 is 1.47 bits per heavy atom. The summed E-state index contributed by atoms with van der Waals surface area (Å²) in [5, 5.41) is 9.66. The van der Waals surface area contributed by atoms with Crippen LogP contribution >= 0.6 is 0 Å². The highest BCUT2D eigenvalue weighted by atomic mass is 16.5. The Morgan fingerprint density at radius 3 is 2.76 bits per heavy atom. The fourth-order valence-electron chi connectivity index (χ4n) is 1.17. The number of carbonyl (C=O) groups excluding carboxylic acids is 2. The Labute approximate surface area is 97.6 Å². The zero-order valence-electron chi connectivity index (χ0n) is 9.14. The number of benzene rings is 1. The van der Waals surface area contributed by atoms with Crippen LogP contribution in [0.1, 0.15) is 5.56 Å². The molecule has 17 heavy (non-hydrogen) atoms. The first-order valence-electron chi connectivity index (χ1n) is 4.71. The van der Waals surface area contributed by atoms with Gasteiger partial charge in [-0.25, -0.2) is 4.79 Å². The smallest absolute Gasteiger partial charge is 0.371 e. The fraction of sp³-hybridized carbons (Fsp3) is 0.0833. The standard InChI is InChI=1S/C9H6N2.C3H4O3/c10-6-7-1-2-9-8(5-7)3-4-11-9;1-6-3(5)2-4/h1-5,11H;2H,1H3. The molecule has 0 aliphatic rings. The van der Waals surface area contributed by atoms with Crippen LogP contribution in [0, 0.1) is 11.3 Å². The minimum atomic E-state index is -0.838. The number of rotatable bonds is 1. The van der Waals surface area contributed by atoms with E-state index in [0.717, 1.165) is 18.0 Å². The molecule has 0 aliphatic carbocycles. The first-order chi connectivity index (χ1) is 8.21. The number of nitrogens with one attached hydrogen (secondary N) is 1. The van der Waals surface area contributed by atoms with Crippen LogP contribution in [0.25, 0.3) is 10.9 Å². The number of methoxy groups -OCH3 is 1. The average molecular weight is 230 g/mol. The van der Waals surface area contributed by atoms with E-state index < -0.39 is 5.97 Å². The van der Waals surface area contributed by atoms with Crippen molar-refractivity contribution in [2.24, 2.45) is 0 Å². The quantitative estimate of drug-likeness (QED) is 0.456. The summed E-state index contributed by atoms with van der Waals surface area (Å²) in [6.07, 6.45) is 1.98. The van der Waals surface area contributed by atoms with E-state index in [1.54, 1.807) is 6.07 Å². The van der Waals surface area contributed by atoms with Crippen molar-refractivity contribution in [2.45, 2.75) is 0 Å². The molecule has 0 spiro atoms. The first-order valence-corrected chi connectivity index (χ1v) is 4.71. The number of ether oxygens (including phenoxy) is 1. The van der Waals surface area contributed by atoms with Crippen molar-refractivity contribution in [3.05, 3.63) is 36.0 Å². The number of aromatic amines is 1. The molecule has 2 rings (SSSR count). The van der Waals surface area contributed by atoms with Gasteiger partial charge in [0.15, 0.2) is 0 Å². The van der Waals surface area contributed by atoms with Gasteiger partial charge in [-0.05, 0) is 24.3 Å². The van der Waals surface area contributed by atoms with Gasteiger partial charge < -0.3 is 9.72 Å². The van der Waals surface area contributed by atoms with Crippen molar-refractivity contribution in [2.75, 3.05) is 7.11 Å². The highest BCUT2D eigenvalue weighted by molar-refractivity contribution is 6.20. The Balaban J connectivity index is 0.000000209. The molecule has 5 nitrogen and oxygen atoms in total. The van der Waals surface area contributed by atoms with Gasteiger partial charge >= 0.3 is 5.97 Å². The van der Waals surface area contributed by atoms with Crippen molar-refractivity contribution in [3.63, 3.8) is 0 Å². The van der Waals surface area contributed by atoms with Gasteiger partial charge in [-0.2, -0.15) is 5.26 Å². The van der Waals surface area contributed by atoms with Crippen LogP contribution in [0.3, 0.4) is 0 Å². The summed E-state index contributed by atoms with van der Waals surface area (Å²) in [4.78, 5) is 21.9. The SMILES string of the molecule is COC(=O)C=O.N#Cc1ccc2[nH]ccc2c1. The third-order valence-corrected chi connectivity index (χ3v) is 1.98. The second-order valence-electron chi connectivity index (χ2n) is 3.03. The van der Waals surface area contributed by atoms with Gasteiger partial charge in [0.05, 0.1) is 18.7 Å². The molecule has 1 aromatic heterocycles. The normalized spacial score (nSPS) is 8.71. The maximum Gasteiger partial charge on any atom is 0.371 e. The number of nitriles is 1. The lowest BCUT2D eigenvalue weighted by atomic mass is 10.2. The lowest BCUT2D eigenvalue weighted by Crippen LogP contribution is -1.98. The topological polar surface area (TPSA) is 82.9 Å². The molecule has 5 heteroatoms. The van der Waals surface area contributed by atoms with E-state index in [0.29, 0.717) is 5.56 Å².